The van der Waals surface area contributed by atoms with Crippen molar-refractivity contribution in [1.82, 2.24) is 4.90 Å². The number of benzene rings is 1. The summed E-state index contributed by atoms with van der Waals surface area (Å²) in [5, 5.41) is 2.58. The molecular formula is C15H20FN3O2. The lowest BCUT2D eigenvalue weighted by Crippen LogP contribution is -2.49. The first-order valence-corrected chi connectivity index (χ1v) is 7.08. The largest absolute Gasteiger partial charge is 0.369 e. The van der Waals surface area contributed by atoms with Crippen LogP contribution < -0.4 is 11.1 Å². The topological polar surface area (TPSA) is 75.4 Å². The number of carbonyl (C=O) groups excluding carboxylic acids is 2. The fourth-order valence-corrected chi connectivity index (χ4v) is 2.56. The van der Waals surface area contributed by atoms with Crippen molar-refractivity contribution in [2.24, 2.45) is 11.7 Å². The van der Waals surface area contributed by atoms with Gasteiger partial charge in [-0.25, -0.2) is 4.39 Å². The summed E-state index contributed by atoms with van der Waals surface area (Å²) >= 11 is 0. The summed E-state index contributed by atoms with van der Waals surface area (Å²) in [7, 11) is 0. The number of rotatable bonds is 4. The molecule has 0 spiro atoms. The van der Waals surface area contributed by atoms with Crippen LogP contribution in [0.4, 0.5) is 10.1 Å². The predicted molar refractivity (Wildman–Crippen MR) is 78.0 cm³/mol. The Bertz CT molecular complexity index is 535. The summed E-state index contributed by atoms with van der Waals surface area (Å²) in [5.74, 6) is -1.30. The van der Waals surface area contributed by atoms with Crippen molar-refractivity contribution in [3.05, 3.63) is 30.1 Å². The molecule has 0 radical (unpaired) electrons. The van der Waals surface area contributed by atoms with Crippen LogP contribution in [-0.4, -0.2) is 35.8 Å². The maximum Gasteiger partial charge on any atom is 0.241 e. The molecule has 0 bridgehead atoms. The van der Waals surface area contributed by atoms with E-state index in [4.69, 9.17) is 5.73 Å². The van der Waals surface area contributed by atoms with Crippen molar-refractivity contribution < 1.29 is 14.0 Å². The van der Waals surface area contributed by atoms with E-state index in [-0.39, 0.29) is 23.4 Å². The molecule has 1 fully saturated rings. The molecule has 0 aliphatic carbocycles. The average Bonchev–Trinajstić information content (AvgIpc) is 2.49. The highest BCUT2D eigenvalue weighted by Crippen LogP contribution is 2.19. The van der Waals surface area contributed by atoms with Gasteiger partial charge in [0.2, 0.25) is 11.8 Å². The van der Waals surface area contributed by atoms with Crippen LogP contribution in [-0.2, 0) is 9.59 Å². The van der Waals surface area contributed by atoms with Crippen LogP contribution >= 0.6 is 0 Å². The number of carbonyl (C=O) groups is 2. The first kappa shape index (κ1) is 15.4. The highest BCUT2D eigenvalue weighted by molar-refractivity contribution is 5.94. The molecular weight excluding hydrogens is 273 g/mol. The number of nitrogens with zero attached hydrogens (tertiary/aromatic N) is 1. The average molecular weight is 293 g/mol. The minimum Gasteiger partial charge on any atom is -0.369 e. The van der Waals surface area contributed by atoms with E-state index in [1.165, 1.54) is 12.1 Å². The number of nitrogens with two attached hydrogens (primary N) is 1. The zero-order valence-electron chi connectivity index (χ0n) is 12.0. The first-order chi connectivity index (χ1) is 9.99. The van der Waals surface area contributed by atoms with Crippen LogP contribution in [0.15, 0.2) is 24.3 Å². The Hall–Kier alpha value is -1.95. The van der Waals surface area contributed by atoms with E-state index in [0.29, 0.717) is 6.54 Å². The van der Waals surface area contributed by atoms with Gasteiger partial charge in [-0.1, -0.05) is 12.1 Å². The normalized spacial score (nSPS) is 20.8. The molecule has 1 aliphatic rings. The van der Waals surface area contributed by atoms with Gasteiger partial charge in [-0.15, -0.1) is 0 Å². The van der Waals surface area contributed by atoms with Crippen molar-refractivity contribution in [3.8, 4) is 0 Å². The Kier molecular flexibility index (Phi) is 4.90. The van der Waals surface area contributed by atoms with Gasteiger partial charge in [-0.2, -0.15) is 0 Å². The van der Waals surface area contributed by atoms with Gasteiger partial charge in [-0.3, -0.25) is 14.5 Å². The zero-order chi connectivity index (χ0) is 15.4. The van der Waals surface area contributed by atoms with Gasteiger partial charge in [0.15, 0.2) is 0 Å². The van der Waals surface area contributed by atoms with Gasteiger partial charge in [0.1, 0.15) is 5.82 Å². The lowest BCUT2D eigenvalue weighted by molar-refractivity contribution is -0.127. The molecule has 0 aromatic heterocycles. The van der Waals surface area contributed by atoms with Crippen LogP contribution in [0.3, 0.4) is 0 Å². The van der Waals surface area contributed by atoms with Gasteiger partial charge in [0.25, 0.3) is 0 Å². The number of hydrogen-bond acceptors (Lipinski definition) is 3. The number of piperidine rings is 1. The lowest BCUT2D eigenvalue weighted by Gasteiger charge is -2.34. The summed E-state index contributed by atoms with van der Waals surface area (Å²) in [6.07, 6.45) is 1.58. The highest BCUT2D eigenvalue weighted by Gasteiger charge is 2.29. The third-order valence-corrected chi connectivity index (χ3v) is 3.91. The maximum absolute atomic E-state index is 13.5. The number of halogens is 1. The van der Waals surface area contributed by atoms with E-state index in [1.54, 1.807) is 19.1 Å². The molecule has 1 aliphatic heterocycles. The predicted octanol–water partition coefficient (Wildman–Crippen LogP) is 1.35. The second-order valence-electron chi connectivity index (χ2n) is 5.38. The number of anilines is 1. The SMILES string of the molecule is C[C@@H](C(=O)Nc1ccccc1F)N1CCC[C@H](C(N)=O)C1. The van der Waals surface area contributed by atoms with Crippen molar-refractivity contribution in [2.75, 3.05) is 18.4 Å². The molecule has 2 atom stereocenters. The number of hydrogen-bond donors (Lipinski definition) is 2. The number of para-hydroxylation sites is 1. The summed E-state index contributed by atoms with van der Waals surface area (Å²) in [5.41, 5.74) is 5.50. The number of likely N-dealkylation sites (tertiary alicyclic amines) is 1. The van der Waals surface area contributed by atoms with Crippen molar-refractivity contribution in [1.29, 1.82) is 0 Å². The van der Waals surface area contributed by atoms with Crippen LogP contribution in [0.5, 0.6) is 0 Å². The Morgan fingerprint density at radius 3 is 2.81 bits per heavy atom. The molecule has 0 unspecified atom stereocenters. The standard InChI is InChI=1S/C15H20FN3O2/c1-10(19-8-4-5-11(9-19)14(17)20)15(21)18-13-7-3-2-6-12(13)16/h2-3,6-7,10-11H,4-5,8-9H2,1H3,(H2,17,20)(H,18,21)/t10-,11-/m0/s1. The molecule has 21 heavy (non-hydrogen) atoms. The zero-order valence-corrected chi connectivity index (χ0v) is 12.0. The fourth-order valence-electron chi connectivity index (χ4n) is 2.56. The molecule has 1 aromatic rings. The van der Waals surface area contributed by atoms with E-state index < -0.39 is 11.9 Å². The minimum absolute atomic E-state index is 0.165. The summed E-state index contributed by atoms with van der Waals surface area (Å²) in [6.45, 7) is 2.95. The monoisotopic (exact) mass is 293 g/mol. The van der Waals surface area contributed by atoms with Gasteiger partial charge < -0.3 is 11.1 Å². The molecule has 6 heteroatoms. The first-order valence-electron chi connectivity index (χ1n) is 7.08. The second-order valence-corrected chi connectivity index (χ2v) is 5.38. The Morgan fingerprint density at radius 1 is 1.43 bits per heavy atom. The molecule has 1 aromatic carbocycles. The van der Waals surface area contributed by atoms with Crippen LogP contribution in [0.25, 0.3) is 0 Å². The van der Waals surface area contributed by atoms with E-state index >= 15 is 0 Å². The Morgan fingerprint density at radius 2 is 2.14 bits per heavy atom. The van der Waals surface area contributed by atoms with Gasteiger partial charge in [0.05, 0.1) is 17.6 Å². The number of primary amides is 1. The summed E-state index contributed by atoms with van der Waals surface area (Å²) in [6, 6.07) is 5.60. The third kappa shape index (κ3) is 3.78. The molecule has 114 valence electrons. The van der Waals surface area contributed by atoms with E-state index in [1.807, 2.05) is 4.90 Å². The fraction of sp³-hybridized carbons (Fsp3) is 0.467. The highest BCUT2D eigenvalue weighted by atomic mass is 19.1. The van der Waals surface area contributed by atoms with Crippen LogP contribution in [0, 0.1) is 11.7 Å². The molecule has 3 N–H and O–H groups in total. The lowest BCUT2D eigenvalue weighted by atomic mass is 9.96. The second kappa shape index (κ2) is 6.67. The van der Waals surface area contributed by atoms with Crippen LogP contribution in [0.2, 0.25) is 0 Å². The van der Waals surface area contributed by atoms with Gasteiger partial charge >= 0.3 is 0 Å². The van der Waals surface area contributed by atoms with E-state index in [2.05, 4.69) is 5.32 Å². The molecule has 5 nitrogen and oxygen atoms in total. The molecule has 1 heterocycles. The molecule has 2 amide bonds. The quantitative estimate of drug-likeness (QED) is 0.880. The van der Waals surface area contributed by atoms with Crippen LogP contribution in [0.1, 0.15) is 19.8 Å². The number of nitrogens with one attached hydrogen (secondary N) is 1. The molecule has 0 saturated carbocycles. The van der Waals surface area contributed by atoms with Crippen molar-refractivity contribution in [3.63, 3.8) is 0 Å². The summed E-state index contributed by atoms with van der Waals surface area (Å²) < 4.78 is 13.5. The number of amides is 2. The molecule has 1 saturated heterocycles. The van der Waals surface area contributed by atoms with Gasteiger partial charge in [0, 0.05) is 6.54 Å². The Balaban J connectivity index is 1.99. The third-order valence-electron chi connectivity index (χ3n) is 3.91. The van der Waals surface area contributed by atoms with Crippen molar-refractivity contribution in [2.45, 2.75) is 25.8 Å². The molecule has 2 rings (SSSR count). The Labute approximate surface area is 123 Å². The van der Waals surface area contributed by atoms with Gasteiger partial charge in [-0.05, 0) is 38.4 Å². The smallest absolute Gasteiger partial charge is 0.241 e. The van der Waals surface area contributed by atoms with E-state index in [0.717, 1.165) is 19.4 Å². The summed E-state index contributed by atoms with van der Waals surface area (Å²) in [4.78, 5) is 25.4. The van der Waals surface area contributed by atoms with E-state index in [9.17, 15) is 14.0 Å². The van der Waals surface area contributed by atoms with Crippen molar-refractivity contribution >= 4 is 17.5 Å². The maximum atomic E-state index is 13.5. The minimum atomic E-state index is -0.466.